The van der Waals surface area contributed by atoms with Gasteiger partial charge in [0.1, 0.15) is 0 Å². The number of hydrogen-bond acceptors (Lipinski definition) is 0. The van der Waals surface area contributed by atoms with Gasteiger partial charge in [0.25, 0.3) is 0 Å². The number of hydrogen-bond donors (Lipinski definition) is 0. The van der Waals surface area contributed by atoms with E-state index in [-0.39, 0.29) is 0 Å². The van der Waals surface area contributed by atoms with Gasteiger partial charge in [0, 0.05) is 0 Å². The summed E-state index contributed by atoms with van der Waals surface area (Å²) in [6.07, 6.45) is 6.40. The molecule has 0 N–H and O–H groups in total. The fourth-order valence-electron chi connectivity index (χ4n) is 2.13. The third-order valence-electron chi connectivity index (χ3n) is 3.66. The average molecular weight is 215 g/mol. The second kappa shape index (κ2) is 5.89. The first kappa shape index (κ1) is 13.0. The number of aryl methyl sites for hydroxylation is 2. The third kappa shape index (κ3) is 2.98. The summed E-state index contributed by atoms with van der Waals surface area (Å²) < 4.78 is 0. The summed E-state index contributed by atoms with van der Waals surface area (Å²) in [6.45, 7) is 14.3. The van der Waals surface area contributed by atoms with Crippen LogP contribution in [0.15, 0.2) is 12.1 Å². The van der Waals surface area contributed by atoms with Gasteiger partial charge in [-0.1, -0.05) is 18.7 Å². The lowest BCUT2D eigenvalue weighted by molar-refractivity contribution is 0.744. The molecule has 16 heavy (non-hydrogen) atoms. The highest BCUT2D eigenvalue weighted by Gasteiger charge is 2.06. The quantitative estimate of drug-likeness (QED) is 0.629. The minimum atomic E-state index is 1.03. The van der Waals surface area contributed by atoms with Crippen LogP contribution in [-0.4, -0.2) is 0 Å². The third-order valence-corrected chi connectivity index (χ3v) is 3.66. The summed E-state index contributed by atoms with van der Waals surface area (Å²) in [4.78, 5) is 0. The Kier molecular flexibility index (Phi) is 4.79. The number of unbranched alkanes of at least 4 members (excludes halogenated alkanes) is 2. The minimum absolute atomic E-state index is 1.03. The smallest absolute Gasteiger partial charge is 0.0276 e. The molecular formula is C16H23. The molecular weight excluding hydrogens is 192 g/mol. The molecule has 1 aromatic carbocycles. The molecule has 0 aliphatic heterocycles. The first-order valence-electron chi connectivity index (χ1n) is 6.17. The van der Waals surface area contributed by atoms with Crippen LogP contribution in [0, 0.1) is 34.3 Å². The number of allylic oxidation sites excluding steroid dienone is 1. The van der Waals surface area contributed by atoms with E-state index in [4.69, 9.17) is 6.58 Å². The predicted molar refractivity (Wildman–Crippen MR) is 71.8 cm³/mol. The van der Waals surface area contributed by atoms with Crippen LogP contribution < -0.4 is 0 Å². The molecule has 0 heteroatoms. The molecule has 0 aromatic heterocycles. The van der Waals surface area contributed by atoms with E-state index in [1.165, 1.54) is 47.1 Å². The molecule has 0 heterocycles. The molecule has 0 fully saturated rings. The van der Waals surface area contributed by atoms with E-state index in [0.29, 0.717) is 0 Å². The Hall–Kier alpha value is -1.04. The zero-order chi connectivity index (χ0) is 12.1. The second-order valence-corrected chi connectivity index (χ2v) is 4.71. The van der Waals surface area contributed by atoms with Gasteiger partial charge in [0.15, 0.2) is 0 Å². The van der Waals surface area contributed by atoms with Gasteiger partial charge in [-0.15, -0.1) is 0 Å². The number of rotatable bonds is 5. The van der Waals surface area contributed by atoms with E-state index < -0.39 is 0 Å². The molecule has 0 spiro atoms. The van der Waals surface area contributed by atoms with Crippen molar-refractivity contribution < 1.29 is 0 Å². The van der Waals surface area contributed by atoms with E-state index in [1.807, 2.05) is 0 Å². The zero-order valence-corrected chi connectivity index (χ0v) is 11.1. The van der Waals surface area contributed by atoms with Gasteiger partial charge >= 0.3 is 0 Å². The van der Waals surface area contributed by atoms with Crippen LogP contribution in [-0.2, 0) is 6.42 Å². The van der Waals surface area contributed by atoms with Crippen molar-refractivity contribution in [1.82, 2.24) is 0 Å². The van der Waals surface area contributed by atoms with Crippen LogP contribution in [0.25, 0.3) is 0 Å². The van der Waals surface area contributed by atoms with E-state index in [2.05, 4.69) is 33.8 Å². The van der Waals surface area contributed by atoms with Gasteiger partial charge in [-0.25, -0.2) is 0 Å². The Morgan fingerprint density at radius 2 is 1.69 bits per heavy atom. The van der Waals surface area contributed by atoms with Crippen LogP contribution in [0.4, 0.5) is 0 Å². The fraction of sp³-hybridized carbons (Fsp3) is 0.500. The first-order valence-corrected chi connectivity index (χ1v) is 6.17. The summed E-state index contributed by atoms with van der Waals surface area (Å²) in [6, 6.07) is 2.35. The molecule has 0 amide bonds. The number of benzene rings is 1. The Morgan fingerprint density at radius 1 is 1.00 bits per heavy atom. The second-order valence-electron chi connectivity index (χ2n) is 4.71. The minimum Gasteiger partial charge on any atom is -0.0845 e. The van der Waals surface area contributed by atoms with Crippen LogP contribution in [0.5, 0.6) is 0 Å². The van der Waals surface area contributed by atoms with E-state index in [9.17, 15) is 0 Å². The molecule has 87 valence electrons. The Balaban J connectivity index is 2.77. The molecule has 0 saturated carbocycles. The van der Waals surface area contributed by atoms with Crippen LogP contribution >= 0.6 is 0 Å². The van der Waals surface area contributed by atoms with E-state index in [0.717, 1.165) is 6.42 Å². The van der Waals surface area contributed by atoms with Gasteiger partial charge in [-0.3, -0.25) is 0 Å². The standard InChI is InChI=1S/C16H23/c1-6-7-8-9-10-16-11-12(2)13(3)14(4)15(16)5/h1,6,11H,7-10H2,2-5H3. The molecule has 0 saturated heterocycles. The van der Waals surface area contributed by atoms with Crippen molar-refractivity contribution in [3.63, 3.8) is 0 Å². The molecule has 1 rings (SSSR count). The monoisotopic (exact) mass is 215 g/mol. The van der Waals surface area contributed by atoms with Gasteiger partial charge in [-0.2, -0.15) is 0 Å². The molecule has 0 bridgehead atoms. The van der Waals surface area contributed by atoms with Gasteiger partial charge < -0.3 is 0 Å². The maximum Gasteiger partial charge on any atom is -0.0276 e. The highest BCUT2D eigenvalue weighted by atomic mass is 14.1. The molecule has 0 atom stereocenters. The van der Waals surface area contributed by atoms with Crippen molar-refractivity contribution in [2.45, 2.75) is 53.4 Å². The average Bonchev–Trinajstić information content (AvgIpc) is 2.28. The molecule has 0 nitrogen and oxygen atoms in total. The lowest BCUT2D eigenvalue weighted by Crippen LogP contribution is -1.98. The van der Waals surface area contributed by atoms with E-state index in [1.54, 1.807) is 6.08 Å². The topological polar surface area (TPSA) is 0 Å². The largest absolute Gasteiger partial charge is 0.0845 e. The normalized spacial score (nSPS) is 10.5. The summed E-state index contributed by atoms with van der Waals surface area (Å²) in [7, 11) is 0. The van der Waals surface area contributed by atoms with Crippen molar-refractivity contribution >= 4 is 0 Å². The lowest BCUT2D eigenvalue weighted by Gasteiger charge is -2.14. The molecule has 1 radical (unpaired) electrons. The maximum absolute atomic E-state index is 5.38. The summed E-state index contributed by atoms with van der Waals surface area (Å²) in [5.41, 5.74) is 7.30. The summed E-state index contributed by atoms with van der Waals surface area (Å²) in [5.74, 6) is 0. The lowest BCUT2D eigenvalue weighted by atomic mass is 9.92. The van der Waals surface area contributed by atoms with Crippen LogP contribution in [0.3, 0.4) is 0 Å². The highest BCUT2D eigenvalue weighted by Crippen LogP contribution is 2.22. The van der Waals surface area contributed by atoms with Crippen molar-refractivity contribution in [3.05, 3.63) is 46.5 Å². The van der Waals surface area contributed by atoms with Crippen molar-refractivity contribution in [2.24, 2.45) is 0 Å². The summed E-state index contributed by atoms with van der Waals surface area (Å²) in [5, 5.41) is 0. The summed E-state index contributed by atoms with van der Waals surface area (Å²) >= 11 is 0. The maximum atomic E-state index is 5.38. The Bertz CT molecular complexity index is 372. The van der Waals surface area contributed by atoms with Gasteiger partial charge in [0.05, 0.1) is 0 Å². The molecule has 1 aromatic rings. The molecule has 0 unspecified atom stereocenters. The highest BCUT2D eigenvalue weighted by molar-refractivity contribution is 5.43. The zero-order valence-electron chi connectivity index (χ0n) is 11.1. The van der Waals surface area contributed by atoms with Crippen LogP contribution in [0.1, 0.15) is 47.1 Å². The van der Waals surface area contributed by atoms with Crippen molar-refractivity contribution in [2.75, 3.05) is 0 Å². The van der Waals surface area contributed by atoms with Crippen LogP contribution in [0.2, 0.25) is 0 Å². The van der Waals surface area contributed by atoms with Gasteiger partial charge in [0.2, 0.25) is 0 Å². The fourth-order valence-corrected chi connectivity index (χ4v) is 2.13. The van der Waals surface area contributed by atoms with E-state index >= 15 is 0 Å². The predicted octanol–water partition coefficient (Wildman–Crippen LogP) is 4.62. The molecule has 0 aliphatic rings. The molecule has 0 aliphatic carbocycles. The van der Waals surface area contributed by atoms with Crippen molar-refractivity contribution in [1.29, 1.82) is 0 Å². The van der Waals surface area contributed by atoms with Crippen molar-refractivity contribution in [3.8, 4) is 0 Å². The Morgan fingerprint density at radius 3 is 2.31 bits per heavy atom. The van der Waals surface area contributed by atoms with Gasteiger partial charge in [-0.05, 0) is 81.2 Å². The SMILES string of the molecule is [CH]=CCCCCc1cc(C)c(C)c(C)c1C. The first-order chi connectivity index (χ1) is 7.57. The Labute approximate surface area is 100 Å².